The Kier molecular flexibility index (Phi) is 5.01. The van der Waals surface area contributed by atoms with Gasteiger partial charge in [-0.1, -0.05) is 0 Å². The Hall–Kier alpha value is 0.927. The molecule has 0 aromatic carbocycles. The predicted molar refractivity (Wildman–Crippen MR) is 13.1 cm³/mol. The molecule has 4 nitrogen and oxygen atoms in total. The first-order chi connectivity index (χ1) is 2.00. The van der Waals surface area contributed by atoms with Crippen LogP contribution in [-0.4, -0.2) is 26.8 Å². The van der Waals surface area contributed by atoms with Crippen molar-refractivity contribution in [2.45, 2.75) is 0 Å². The first kappa shape index (κ1) is 10.0. The van der Waals surface area contributed by atoms with Crippen LogP contribution in [0.2, 0.25) is 0 Å². The fraction of sp³-hybridized carbons (Fsp3) is 0. The minimum Gasteiger partial charge on any atom is 0 e. The van der Waals surface area contributed by atoms with E-state index in [0.717, 1.165) is 0 Å². The SMILES string of the molecule is O=[As](O)(O)O.[Pt]. The van der Waals surface area contributed by atoms with Crippen molar-refractivity contribution in [3.8, 4) is 0 Å². The minimum atomic E-state index is -5.12. The van der Waals surface area contributed by atoms with E-state index in [1.165, 1.54) is 0 Å². The zero-order chi connectivity index (χ0) is 4.50. The molecule has 0 aromatic rings. The van der Waals surface area contributed by atoms with E-state index >= 15 is 0 Å². The average molecular weight is 337 g/mol. The van der Waals surface area contributed by atoms with Gasteiger partial charge in [-0.05, 0) is 0 Å². The molecule has 3 N–H and O–H groups in total. The fourth-order valence-corrected chi connectivity index (χ4v) is 0. The van der Waals surface area contributed by atoms with Crippen LogP contribution >= 0.6 is 0 Å². The number of hydrogen-bond donors (Lipinski definition) is 3. The molecule has 0 saturated heterocycles. The van der Waals surface area contributed by atoms with E-state index in [0.29, 0.717) is 0 Å². The van der Waals surface area contributed by atoms with Gasteiger partial charge in [0.2, 0.25) is 0 Å². The van der Waals surface area contributed by atoms with Crippen molar-refractivity contribution in [1.29, 1.82) is 0 Å². The van der Waals surface area contributed by atoms with Crippen LogP contribution < -0.4 is 0 Å². The van der Waals surface area contributed by atoms with Crippen LogP contribution in [-0.2, 0) is 24.8 Å². The van der Waals surface area contributed by atoms with Crippen LogP contribution in [0.15, 0.2) is 0 Å². The van der Waals surface area contributed by atoms with Crippen molar-refractivity contribution in [2.24, 2.45) is 0 Å². The second-order valence-corrected chi connectivity index (χ2v) is 2.67. The molecule has 0 fully saturated rings. The van der Waals surface area contributed by atoms with Gasteiger partial charge in [0, 0.05) is 21.1 Å². The summed E-state index contributed by atoms with van der Waals surface area (Å²) in [6.45, 7) is 0. The Morgan fingerprint density at radius 1 is 1.17 bits per heavy atom. The van der Waals surface area contributed by atoms with E-state index in [4.69, 9.17) is 16.0 Å². The van der Waals surface area contributed by atoms with Gasteiger partial charge in [-0.25, -0.2) is 0 Å². The summed E-state index contributed by atoms with van der Waals surface area (Å²) in [5, 5.41) is 0. The van der Waals surface area contributed by atoms with Gasteiger partial charge in [-0.3, -0.25) is 0 Å². The topological polar surface area (TPSA) is 77.8 Å². The van der Waals surface area contributed by atoms with E-state index in [9.17, 15) is 0 Å². The predicted octanol–water partition coefficient (Wildman–Crippen LogP) is -2.17. The van der Waals surface area contributed by atoms with Crippen LogP contribution in [0.1, 0.15) is 0 Å². The van der Waals surface area contributed by atoms with Gasteiger partial charge in [0.25, 0.3) is 0 Å². The largest absolute Gasteiger partial charge is 0 e. The Labute approximate surface area is 51.8 Å². The molecule has 0 spiro atoms. The summed E-state index contributed by atoms with van der Waals surface area (Å²) in [5.41, 5.74) is 0. The summed E-state index contributed by atoms with van der Waals surface area (Å²) in [6.07, 6.45) is 0. The quantitative estimate of drug-likeness (QED) is 0.440. The Morgan fingerprint density at radius 3 is 1.17 bits per heavy atom. The molecule has 0 atom stereocenters. The molecule has 6 heavy (non-hydrogen) atoms. The Balaban J connectivity index is 0. The van der Waals surface area contributed by atoms with Crippen LogP contribution in [0.25, 0.3) is 0 Å². The summed E-state index contributed by atoms with van der Waals surface area (Å²) in [7, 11) is 0. The van der Waals surface area contributed by atoms with Crippen molar-refractivity contribution in [2.75, 3.05) is 0 Å². The molecular weight excluding hydrogens is 334 g/mol. The van der Waals surface area contributed by atoms with Gasteiger partial charge in [-0.15, -0.1) is 0 Å². The van der Waals surface area contributed by atoms with Gasteiger partial charge >= 0.3 is 30.5 Å². The molecule has 0 rings (SSSR count). The standard InChI is InChI=1S/AsH3O4.Pt/c2-1(3,4)5;/h(H3,2,3,4,5);. The maximum absolute atomic E-state index is 8.94. The molecule has 0 unspecified atom stereocenters. The van der Waals surface area contributed by atoms with Crippen molar-refractivity contribution in [1.82, 2.24) is 0 Å². The van der Waals surface area contributed by atoms with Crippen LogP contribution in [0.3, 0.4) is 0 Å². The van der Waals surface area contributed by atoms with Crippen molar-refractivity contribution in [3.63, 3.8) is 0 Å². The van der Waals surface area contributed by atoms with E-state index < -0.39 is 14.5 Å². The monoisotopic (exact) mass is 337 g/mol. The van der Waals surface area contributed by atoms with Crippen molar-refractivity contribution in [3.05, 3.63) is 0 Å². The number of rotatable bonds is 0. The molecular formula is H3AsO4Pt. The summed E-state index contributed by atoms with van der Waals surface area (Å²) in [5.74, 6) is 0. The fourth-order valence-electron chi connectivity index (χ4n) is 0. The van der Waals surface area contributed by atoms with Gasteiger partial charge < -0.3 is 0 Å². The summed E-state index contributed by atoms with van der Waals surface area (Å²) in [4.78, 5) is 0. The van der Waals surface area contributed by atoms with Gasteiger partial charge in [0.05, 0.1) is 0 Å². The summed E-state index contributed by atoms with van der Waals surface area (Å²) >= 11 is -5.12. The third-order valence-electron chi connectivity index (χ3n) is 0. The van der Waals surface area contributed by atoms with Crippen LogP contribution in [0, 0.1) is 0 Å². The van der Waals surface area contributed by atoms with Crippen LogP contribution in [0.4, 0.5) is 0 Å². The van der Waals surface area contributed by atoms with E-state index in [1.54, 1.807) is 0 Å². The molecule has 0 aliphatic rings. The first-order valence-corrected chi connectivity index (χ1v) is 4.07. The molecule has 0 radical (unpaired) electrons. The number of hydrogen-bond acceptors (Lipinski definition) is 1. The van der Waals surface area contributed by atoms with E-state index in [-0.39, 0.29) is 21.1 Å². The molecule has 0 bridgehead atoms. The van der Waals surface area contributed by atoms with Crippen molar-refractivity contribution >= 4 is 14.5 Å². The zero-order valence-corrected chi connectivity index (χ0v) is 6.66. The molecule has 0 aliphatic carbocycles. The van der Waals surface area contributed by atoms with Crippen LogP contribution in [0.5, 0.6) is 0 Å². The van der Waals surface area contributed by atoms with E-state index in [2.05, 4.69) is 0 Å². The maximum Gasteiger partial charge on any atom is 0 e. The third-order valence-corrected chi connectivity index (χ3v) is 0. The molecule has 42 valence electrons. The first-order valence-electron chi connectivity index (χ1n) is 0.783. The van der Waals surface area contributed by atoms with Gasteiger partial charge in [-0.2, -0.15) is 0 Å². The summed E-state index contributed by atoms with van der Waals surface area (Å²) < 4.78 is 30.7. The Bertz CT molecular complexity index is 53.7. The molecule has 0 heterocycles. The molecule has 6 heteroatoms. The summed E-state index contributed by atoms with van der Waals surface area (Å²) in [6, 6.07) is 0. The molecule has 0 aliphatic heterocycles. The minimum absolute atomic E-state index is 0. The zero-order valence-electron chi connectivity index (χ0n) is 2.51. The smallest absolute Gasteiger partial charge is 0 e. The van der Waals surface area contributed by atoms with Gasteiger partial charge in [0.15, 0.2) is 0 Å². The Morgan fingerprint density at radius 2 is 1.17 bits per heavy atom. The average Bonchev–Trinajstić information content (AvgIpc) is 0.722. The maximum atomic E-state index is 8.94. The second kappa shape index (κ2) is 3.00. The van der Waals surface area contributed by atoms with Gasteiger partial charge in [0.1, 0.15) is 0 Å². The molecule has 0 saturated carbocycles. The van der Waals surface area contributed by atoms with Crippen molar-refractivity contribution < 1.29 is 37.1 Å². The molecule has 0 aromatic heterocycles. The third kappa shape index (κ3) is 88.5. The van der Waals surface area contributed by atoms with E-state index in [1.807, 2.05) is 0 Å². The molecule has 0 amide bonds. The second-order valence-electron chi connectivity index (χ2n) is 0.513. The normalized spacial score (nSPS) is 9.83.